The average Bonchev–Trinajstić information content (AvgIpc) is 2.67. The van der Waals surface area contributed by atoms with E-state index in [1.165, 1.54) is 12.1 Å². The van der Waals surface area contributed by atoms with Crippen LogP contribution in [0.4, 0.5) is 0 Å². The highest BCUT2D eigenvalue weighted by atomic mass is 32.2. The number of carbonyl (C=O) groups is 1. The minimum absolute atomic E-state index is 0.0807. The van der Waals surface area contributed by atoms with E-state index < -0.39 is 18.4 Å². The smallest absolute Gasteiger partial charge is 0.339 e. The maximum Gasteiger partial charge on any atom is 0.339 e. The van der Waals surface area contributed by atoms with Gasteiger partial charge in [0.1, 0.15) is 16.9 Å². The standard InChI is InChI=1S/C23H32O5SSi/c1-23(2,3)30(4,5)28-21(17-18-24)16-13-19-11-14-20(15-12-19)27-29(25,26)22-9-7-6-8-10-22/h6-12,14-15,18,21H,13,16-17H2,1-5H3/t21-/m0/s1. The van der Waals surface area contributed by atoms with Crippen molar-refractivity contribution in [1.82, 2.24) is 0 Å². The Hall–Kier alpha value is -1.96. The summed E-state index contributed by atoms with van der Waals surface area (Å²) in [6.45, 7) is 10.9. The molecule has 2 rings (SSSR count). The first kappa shape index (κ1) is 24.3. The fraction of sp³-hybridized carbons (Fsp3) is 0.435. The average molecular weight is 449 g/mol. The van der Waals surface area contributed by atoms with Crippen LogP contribution in [0.2, 0.25) is 18.1 Å². The zero-order valence-electron chi connectivity index (χ0n) is 18.4. The van der Waals surface area contributed by atoms with E-state index in [1.807, 2.05) is 12.1 Å². The fourth-order valence-electron chi connectivity index (χ4n) is 2.73. The number of aryl methyl sites for hydroxylation is 1. The Labute approximate surface area is 181 Å². The molecule has 30 heavy (non-hydrogen) atoms. The van der Waals surface area contributed by atoms with E-state index >= 15 is 0 Å². The van der Waals surface area contributed by atoms with Crippen LogP contribution in [0.25, 0.3) is 0 Å². The Balaban J connectivity index is 2.00. The van der Waals surface area contributed by atoms with Gasteiger partial charge in [-0.05, 0) is 60.8 Å². The molecule has 0 aromatic heterocycles. The molecule has 0 saturated carbocycles. The SMILES string of the molecule is CC(C)(C)[Si](C)(C)O[C@H](CC=O)CCc1ccc(OS(=O)(=O)c2ccccc2)cc1. The molecule has 1 atom stereocenters. The quantitative estimate of drug-likeness (QED) is 0.278. The molecule has 0 radical (unpaired) electrons. The lowest BCUT2D eigenvalue weighted by molar-refractivity contribution is -0.109. The number of hydrogen-bond acceptors (Lipinski definition) is 5. The number of hydrogen-bond donors (Lipinski definition) is 0. The van der Waals surface area contributed by atoms with Crippen molar-refractivity contribution >= 4 is 24.7 Å². The minimum Gasteiger partial charge on any atom is -0.413 e. The summed E-state index contributed by atoms with van der Waals surface area (Å²) in [5.74, 6) is 0.268. The van der Waals surface area contributed by atoms with Crippen molar-refractivity contribution in [2.24, 2.45) is 0 Å². The highest BCUT2D eigenvalue weighted by Crippen LogP contribution is 2.38. The highest BCUT2D eigenvalue weighted by Gasteiger charge is 2.38. The second-order valence-electron chi connectivity index (χ2n) is 8.94. The van der Waals surface area contributed by atoms with Crippen LogP contribution < -0.4 is 4.18 Å². The Bertz CT molecular complexity index is 916. The van der Waals surface area contributed by atoms with Crippen molar-refractivity contribution in [2.75, 3.05) is 0 Å². The van der Waals surface area contributed by atoms with Crippen LogP contribution in [0.5, 0.6) is 5.75 Å². The van der Waals surface area contributed by atoms with E-state index in [1.54, 1.807) is 30.3 Å². The van der Waals surface area contributed by atoms with Gasteiger partial charge in [-0.2, -0.15) is 8.42 Å². The Morgan fingerprint density at radius 1 is 1.00 bits per heavy atom. The van der Waals surface area contributed by atoms with Crippen molar-refractivity contribution in [3.63, 3.8) is 0 Å². The minimum atomic E-state index is -3.85. The third kappa shape index (κ3) is 6.79. The molecule has 0 heterocycles. The normalized spacial score (nSPS) is 13.6. The maximum absolute atomic E-state index is 12.3. The monoisotopic (exact) mass is 448 g/mol. The van der Waals surface area contributed by atoms with Crippen molar-refractivity contribution in [2.45, 2.75) is 69.2 Å². The molecule has 0 N–H and O–H groups in total. The van der Waals surface area contributed by atoms with E-state index in [0.717, 1.165) is 24.7 Å². The molecule has 0 amide bonds. The summed E-state index contributed by atoms with van der Waals surface area (Å²) in [5.41, 5.74) is 1.04. The molecule has 2 aromatic carbocycles. The molecule has 164 valence electrons. The van der Waals surface area contributed by atoms with Gasteiger partial charge in [0, 0.05) is 6.42 Å². The van der Waals surface area contributed by atoms with Gasteiger partial charge in [0.25, 0.3) is 0 Å². The van der Waals surface area contributed by atoms with Gasteiger partial charge in [-0.1, -0.05) is 51.1 Å². The second kappa shape index (κ2) is 9.90. The zero-order valence-corrected chi connectivity index (χ0v) is 20.2. The summed E-state index contributed by atoms with van der Waals surface area (Å²) >= 11 is 0. The van der Waals surface area contributed by atoms with Gasteiger partial charge in [0.2, 0.25) is 0 Å². The lowest BCUT2D eigenvalue weighted by Gasteiger charge is -2.39. The molecule has 0 aliphatic rings. The molecule has 0 unspecified atom stereocenters. The van der Waals surface area contributed by atoms with Crippen LogP contribution in [0.15, 0.2) is 59.5 Å². The van der Waals surface area contributed by atoms with Crippen LogP contribution in [0.3, 0.4) is 0 Å². The van der Waals surface area contributed by atoms with Crippen LogP contribution >= 0.6 is 0 Å². The Morgan fingerprint density at radius 2 is 1.60 bits per heavy atom. The van der Waals surface area contributed by atoms with E-state index in [4.69, 9.17) is 8.61 Å². The summed E-state index contributed by atoms with van der Waals surface area (Å²) in [7, 11) is -5.80. The molecule has 0 saturated heterocycles. The topological polar surface area (TPSA) is 69.7 Å². The maximum atomic E-state index is 12.3. The molecule has 0 aliphatic heterocycles. The van der Waals surface area contributed by atoms with Gasteiger partial charge in [0.15, 0.2) is 8.32 Å². The van der Waals surface area contributed by atoms with Crippen LogP contribution in [0, 0.1) is 0 Å². The first-order valence-corrected chi connectivity index (χ1v) is 14.5. The molecular weight excluding hydrogens is 416 g/mol. The molecule has 7 heteroatoms. The molecule has 5 nitrogen and oxygen atoms in total. The second-order valence-corrected chi connectivity index (χ2v) is 15.2. The third-order valence-electron chi connectivity index (χ3n) is 5.54. The zero-order chi connectivity index (χ0) is 22.4. The summed E-state index contributed by atoms with van der Waals surface area (Å²) in [6.07, 6.45) is 2.65. The van der Waals surface area contributed by atoms with E-state index in [0.29, 0.717) is 6.42 Å². The predicted molar refractivity (Wildman–Crippen MR) is 122 cm³/mol. The Morgan fingerprint density at radius 3 is 2.13 bits per heavy atom. The van der Waals surface area contributed by atoms with Crippen LogP contribution in [0.1, 0.15) is 39.2 Å². The lowest BCUT2D eigenvalue weighted by atomic mass is 10.1. The van der Waals surface area contributed by atoms with Crippen molar-refractivity contribution < 1.29 is 21.8 Å². The van der Waals surface area contributed by atoms with Crippen molar-refractivity contribution in [3.05, 3.63) is 60.2 Å². The third-order valence-corrected chi connectivity index (χ3v) is 11.3. The first-order valence-electron chi connectivity index (χ1n) is 10.1. The van der Waals surface area contributed by atoms with Crippen LogP contribution in [-0.2, 0) is 25.8 Å². The lowest BCUT2D eigenvalue weighted by Crippen LogP contribution is -2.44. The van der Waals surface area contributed by atoms with Gasteiger partial charge in [-0.15, -0.1) is 0 Å². The van der Waals surface area contributed by atoms with Gasteiger partial charge < -0.3 is 13.4 Å². The summed E-state index contributed by atoms with van der Waals surface area (Å²) in [5, 5.41) is 0.0807. The van der Waals surface area contributed by atoms with Gasteiger partial charge in [-0.25, -0.2) is 0 Å². The largest absolute Gasteiger partial charge is 0.413 e. The molecule has 2 aromatic rings. The molecule has 0 aliphatic carbocycles. The van der Waals surface area contributed by atoms with E-state index in [-0.39, 0.29) is 21.8 Å². The van der Waals surface area contributed by atoms with Crippen molar-refractivity contribution in [1.29, 1.82) is 0 Å². The summed E-state index contributed by atoms with van der Waals surface area (Å²) in [4.78, 5) is 11.2. The summed E-state index contributed by atoms with van der Waals surface area (Å²) < 4.78 is 36.3. The van der Waals surface area contributed by atoms with E-state index in [9.17, 15) is 13.2 Å². The number of benzene rings is 2. The Kier molecular flexibility index (Phi) is 8.02. The highest BCUT2D eigenvalue weighted by molar-refractivity contribution is 7.87. The van der Waals surface area contributed by atoms with Gasteiger partial charge in [0.05, 0.1) is 6.10 Å². The number of aldehydes is 1. The predicted octanol–water partition coefficient (Wildman–Crippen LogP) is 5.37. The van der Waals surface area contributed by atoms with Gasteiger partial charge >= 0.3 is 10.1 Å². The van der Waals surface area contributed by atoms with Crippen LogP contribution in [-0.4, -0.2) is 29.1 Å². The fourth-order valence-corrected chi connectivity index (χ4v) is 5.08. The number of rotatable bonds is 10. The van der Waals surface area contributed by atoms with E-state index in [2.05, 4.69) is 33.9 Å². The molecular formula is C23H32O5SSi. The van der Waals surface area contributed by atoms with Crippen molar-refractivity contribution in [3.8, 4) is 5.75 Å². The first-order chi connectivity index (χ1) is 13.9. The van der Waals surface area contributed by atoms with Gasteiger partial charge in [-0.3, -0.25) is 0 Å². The number of carbonyl (C=O) groups excluding carboxylic acids is 1. The molecule has 0 fully saturated rings. The summed E-state index contributed by atoms with van der Waals surface area (Å²) in [6, 6.07) is 15.1. The molecule has 0 bridgehead atoms. The molecule has 0 spiro atoms.